The molecule has 1 aromatic carbocycles. The molecule has 0 aliphatic rings. The van der Waals surface area contributed by atoms with Gasteiger partial charge in [0.25, 0.3) is 5.91 Å². The van der Waals surface area contributed by atoms with Gasteiger partial charge in [-0.15, -0.1) is 0 Å². The maximum Gasteiger partial charge on any atom is 0.251 e. The third-order valence-electron chi connectivity index (χ3n) is 2.66. The van der Waals surface area contributed by atoms with Crippen molar-refractivity contribution < 1.29 is 13.6 Å². The van der Waals surface area contributed by atoms with Crippen LogP contribution in [0.3, 0.4) is 0 Å². The molecule has 0 aliphatic carbocycles. The number of benzene rings is 1. The number of rotatable bonds is 3. The number of hydrogen-bond acceptors (Lipinski definition) is 2. The molecule has 0 aliphatic heterocycles. The van der Waals surface area contributed by atoms with E-state index in [4.69, 9.17) is 0 Å². The lowest BCUT2D eigenvalue weighted by Crippen LogP contribution is -2.27. The molecule has 5 heteroatoms. The van der Waals surface area contributed by atoms with Crippen LogP contribution < -0.4 is 5.32 Å². The van der Waals surface area contributed by atoms with Crippen LogP contribution in [0, 0.1) is 11.6 Å². The third kappa shape index (κ3) is 3.13. The van der Waals surface area contributed by atoms with Gasteiger partial charge in [0, 0.05) is 11.8 Å². The largest absolute Gasteiger partial charge is 0.344 e. The standard InChI is InChI=1S/C14H12F2N2O/c1-9(13-4-2-3-7-17-13)18-14(19)10-5-6-11(15)12(16)8-10/h2-9H,1H3,(H,18,19). The first kappa shape index (κ1) is 13.1. The number of nitrogens with one attached hydrogen (secondary N) is 1. The first-order valence-corrected chi connectivity index (χ1v) is 5.75. The molecule has 98 valence electrons. The normalized spacial score (nSPS) is 11.9. The highest BCUT2D eigenvalue weighted by molar-refractivity contribution is 5.94. The van der Waals surface area contributed by atoms with Crippen LogP contribution in [0.4, 0.5) is 8.78 Å². The SMILES string of the molecule is CC(NC(=O)c1ccc(F)c(F)c1)c1ccccn1. The maximum atomic E-state index is 13.0. The monoisotopic (exact) mass is 262 g/mol. The average molecular weight is 262 g/mol. The fourth-order valence-electron chi connectivity index (χ4n) is 1.62. The zero-order chi connectivity index (χ0) is 13.8. The number of carbonyl (C=O) groups excluding carboxylic acids is 1. The van der Waals surface area contributed by atoms with Crippen LogP contribution in [-0.4, -0.2) is 10.9 Å². The first-order chi connectivity index (χ1) is 9.08. The van der Waals surface area contributed by atoms with E-state index < -0.39 is 17.5 Å². The summed E-state index contributed by atoms with van der Waals surface area (Å²) in [6.45, 7) is 1.76. The van der Waals surface area contributed by atoms with Crippen LogP contribution in [0.25, 0.3) is 0 Å². The van der Waals surface area contributed by atoms with E-state index in [1.165, 1.54) is 6.07 Å². The van der Waals surface area contributed by atoms with Gasteiger partial charge in [-0.05, 0) is 37.3 Å². The Balaban J connectivity index is 2.11. The summed E-state index contributed by atoms with van der Waals surface area (Å²) in [6, 6.07) is 8.07. The van der Waals surface area contributed by atoms with E-state index in [9.17, 15) is 13.6 Å². The van der Waals surface area contributed by atoms with E-state index in [1.54, 1.807) is 25.3 Å². The van der Waals surface area contributed by atoms with Crippen LogP contribution in [0.1, 0.15) is 29.0 Å². The molecule has 1 heterocycles. The molecular weight excluding hydrogens is 250 g/mol. The van der Waals surface area contributed by atoms with Crippen LogP contribution in [0.2, 0.25) is 0 Å². The van der Waals surface area contributed by atoms with Gasteiger partial charge in [0.2, 0.25) is 0 Å². The lowest BCUT2D eigenvalue weighted by atomic mass is 10.1. The number of hydrogen-bond donors (Lipinski definition) is 1. The van der Waals surface area contributed by atoms with Gasteiger partial charge < -0.3 is 5.32 Å². The van der Waals surface area contributed by atoms with Crippen molar-refractivity contribution in [3.63, 3.8) is 0 Å². The van der Waals surface area contributed by atoms with Crippen LogP contribution in [0.15, 0.2) is 42.6 Å². The molecule has 1 atom stereocenters. The minimum atomic E-state index is -1.04. The topological polar surface area (TPSA) is 42.0 Å². The van der Waals surface area contributed by atoms with Gasteiger partial charge in [-0.25, -0.2) is 8.78 Å². The molecule has 2 rings (SSSR count). The lowest BCUT2D eigenvalue weighted by molar-refractivity contribution is 0.0938. The van der Waals surface area contributed by atoms with Gasteiger partial charge in [0.1, 0.15) is 0 Å². The number of carbonyl (C=O) groups is 1. The van der Waals surface area contributed by atoms with Crippen LogP contribution in [0.5, 0.6) is 0 Å². The Morgan fingerprint density at radius 1 is 1.21 bits per heavy atom. The van der Waals surface area contributed by atoms with Gasteiger partial charge >= 0.3 is 0 Å². The molecule has 3 nitrogen and oxygen atoms in total. The molecule has 0 saturated carbocycles. The van der Waals surface area contributed by atoms with Crippen molar-refractivity contribution in [3.8, 4) is 0 Å². The minimum Gasteiger partial charge on any atom is -0.344 e. The van der Waals surface area contributed by atoms with E-state index in [0.717, 1.165) is 12.1 Å². The maximum absolute atomic E-state index is 13.0. The molecule has 1 aromatic heterocycles. The number of nitrogens with zero attached hydrogens (tertiary/aromatic N) is 1. The van der Waals surface area contributed by atoms with Crippen LogP contribution in [-0.2, 0) is 0 Å². The van der Waals surface area contributed by atoms with Gasteiger partial charge in [-0.3, -0.25) is 9.78 Å². The summed E-state index contributed by atoms with van der Waals surface area (Å²) >= 11 is 0. The van der Waals surface area contributed by atoms with E-state index in [-0.39, 0.29) is 11.6 Å². The Bertz CT molecular complexity index is 587. The van der Waals surface area contributed by atoms with E-state index in [1.807, 2.05) is 6.07 Å². The second-order valence-corrected chi connectivity index (χ2v) is 4.08. The van der Waals surface area contributed by atoms with Gasteiger partial charge in [-0.2, -0.15) is 0 Å². The fourth-order valence-corrected chi connectivity index (χ4v) is 1.62. The third-order valence-corrected chi connectivity index (χ3v) is 2.66. The van der Waals surface area contributed by atoms with Crippen molar-refractivity contribution in [1.82, 2.24) is 10.3 Å². The minimum absolute atomic E-state index is 0.0710. The lowest BCUT2D eigenvalue weighted by Gasteiger charge is -2.13. The highest BCUT2D eigenvalue weighted by Gasteiger charge is 2.13. The summed E-state index contributed by atoms with van der Waals surface area (Å²) in [4.78, 5) is 16.0. The summed E-state index contributed by atoms with van der Waals surface area (Å²) in [5.41, 5.74) is 0.764. The fraction of sp³-hybridized carbons (Fsp3) is 0.143. The molecular formula is C14H12F2N2O. The Labute approximate surface area is 109 Å². The molecule has 0 saturated heterocycles. The number of halogens is 2. The molecule has 19 heavy (non-hydrogen) atoms. The van der Waals surface area contributed by atoms with E-state index >= 15 is 0 Å². The Hall–Kier alpha value is -2.30. The van der Waals surface area contributed by atoms with Gasteiger partial charge in [0.05, 0.1) is 11.7 Å². The highest BCUT2D eigenvalue weighted by atomic mass is 19.2. The first-order valence-electron chi connectivity index (χ1n) is 5.75. The van der Waals surface area contributed by atoms with Crippen molar-refractivity contribution >= 4 is 5.91 Å². The Morgan fingerprint density at radius 3 is 2.63 bits per heavy atom. The van der Waals surface area contributed by atoms with E-state index in [0.29, 0.717) is 5.69 Å². The molecule has 1 N–H and O–H groups in total. The predicted molar refractivity (Wildman–Crippen MR) is 66.5 cm³/mol. The quantitative estimate of drug-likeness (QED) is 0.924. The van der Waals surface area contributed by atoms with Crippen LogP contribution >= 0.6 is 0 Å². The summed E-state index contributed by atoms with van der Waals surface area (Å²) in [6.07, 6.45) is 1.62. The predicted octanol–water partition coefficient (Wildman–Crippen LogP) is 2.85. The van der Waals surface area contributed by atoms with Gasteiger partial charge in [-0.1, -0.05) is 6.07 Å². The van der Waals surface area contributed by atoms with Crippen molar-refractivity contribution in [2.24, 2.45) is 0 Å². The van der Waals surface area contributed by atoms with E-state index in [2.05, 4.69) is 10.3 Å². The van der Waals surface area contributed by atoms with Crippen molar-refractivity contribution in [3.05, 3.63) is 65.5 Å². The molecule has 0 bridgehead atoms. The molecule has 0 spiro atoms. The Morgan fingerprint density at radius 2 is 2.00 bits per heavy atom. The Kier molecular flexibility index (Phi) is 3.85. The molecule has 0 radical (unpaired) electrons. The summed E-state index contributed by atoms with van der Waals surface area (Å²) < 4.78 is 25.8. The van der Waals surface area contributed by atoms with Crippen molar-refractivity contribution in [2.45, 2.75) is 13.0 Å². The molecule has 1 amide bonds. The number of aromatic nitrogens is 1. The second-order valence-electron chi connectivity index (χ2n) is 4.08. The highest BCUT2D eigenvalue weighted by Crippen LogP contribution is 2.12. The zero-order valence-corrected chi connectivity index (χ0v) is 10.2. The summed E-state index contributed by atoms with van der Waals surface area (Å²) in [5, 5.41) is 2.67. The van der Waals surface area contributed by atoms with Crippen molar-refractivity contribution in [1.29, 1.82) is 0 Å². The summed E-state index contributed by atoms with van der Waals surface area (Å²) in [7, 11) is 0. The van der Waals surface area contributed by atoms with Crippen molar-refractivity contribution in [2.75, 3.05) is 0 Å². The molecule has 2 aromatic rings. The number of pyridine rings is 1. The number of amides is 1. The molecule has 1 unspecified atom stereocenters. The second kappa shape index (κ2) is 5.56. The molecule has 0 fully saturated rings. The zero-order valence-electron chi connectivity index (χ0n) is 10.2. The summed E-state index contributed by atoms with van der Waals surface area (Å²) in [5.74, 6) is -2.50. The smallest absolute Gasteiger partial charge is 0.251 e. The van der Waals surface area contributed by atoms with Gasteiger partial charge in [0.15, 0.2) is 11.6 Å². The average Bonchev–Trinajstić information content (AvgIpc) is 2.42.